The highest BCUT2D eigenvalue weighted by Crippen LogP contribution is 2.28. The number of fused-ring (bicyclic) bond motifs is 1. The van der Waals surface area contributed by atoms with E-state index in [1.165, 1.54) is 5.56 Å². The molecule has 3 N–H and O–H groups in total. The normalized spacial score (nSPS) is 11.7. The van der Waals surface area contributed by atoms with Crippen molar-refractivity contribution in [1.82, 2.24) is 0 Å². The number of hydrogen-bond acceptors (Lipinski definition) is 2. The fraction of sp³-hybridized carbons (Fsp3) is 0.312. The van der Waals surface area contributed by atoms with Gasteiger partial charge in [0.2, 0.25) is 0 Å². The Morgan fingerprint density at radius 1 is 1.16 bits per heavy atom. The maximum atomic E-state index is 11.2. The second-order valence-corrected chi connectivity index (χ2v) is 6.15. The summed E-state index contributed by atoms with van der Waals surface area (Å²) in [6.45, 7) is 6.55. The molecule has 0 spiro atoms. The number of amides is 1. The van der Waals surface area contributed by atoms with Crippen molar-refractivity contribution in [3.8, 4) is 5.75 Å². The molecule has 19 heavy (non-hydrogen) atoms. The predicted molar refractivity (Wildman–Crippen MR) is 77.3 cm³/mol. The smallest absolute Gasteiger partial charge is 0.252 e. The van der Waals surface area contributed by atoms with E-state index in [0.717, 1.165) is 17.2 Å². The standard InChI is InChI=1S/C16H19NO2/c1-16(2,3)9-10-4-5-11-8-14(18)13(15(17)19)7-12(11)6-10/h4-8,18H,9H2,1-3H3,(H2,17,19). The molecule has 0 aliphatic carbocycles. The lowest BCUT2D eigenvalue weighted by atomic mass is 9.87. The summed E-state index contributed by atoms with van der Waals surface area (Å²) >= 11 is 0. The van der Waals surface area contributed by atoms with Gasteiger partial charge in [0, 0.05) is 0 Å². The van der Waals surface area contributed by atoms with Crippen molar-refractivity contribution in [3.05, 3.63) is 41.5 Å². The Kier molecular flexibility index (Phi) is 3.23. The molecule has 2 aromatic rings. The van der Waals surface area contributed by atoms with Crippen LogP contribution in [0.5, 0.6) is 5.75 Å². The van der Waals surface area contributed by atoms with Gasteiger partial charge >= 0.3 is 0 Å². The largest absolute Gasteiger partial charge is 0.507 e. The van der Waals surface area contributed by atoms with Gasteiger partial charge in [0.15, 0.2) is 0 Å². The van der Waals surface area contributed by atoms with Crippen molar-refractivity contribution in [2.75, 3.05) is 0 Å². The molecule has 2 aromatic carbocycles. The molecule has 1 amide bonds. The van der Waals surface area contributed by atoms with Gasteiger partial charge < -0.3 is 10.8 Å². The highest BCUT2D eigenvalue weighted by Gasteiger charge is 2.13. The number of hydrogen-bond donors (Lipinski definition) is 2. The molecule has 3 nitrogen and oxygen atoms in total. The molecule has 0 aliphatic rings. The predicted octanol–water partition coefficient (Wildman–Crippen LogP) is 3.23. The zero-order valence-electron chi connectivity index (χ0n) is 11.5. The molecule has 0 heterocycles. The zero-order valence-corrected chi connectivity index (χ0v) is 11.5. The van der Waals surface area contributed by atoms with Crippen molar-refractivity contribution in [1.29, 1.82) is 0 Å². The van der Waals surface area contributed by atoms with Crippen LogP contribution in [-0.4, -0.2) is 11.0 Å². The number of primary amides is 1. The lowest BCUT2D eigenvalue weighted by molar-refractivity contribution is 0.0998. The number of phenols is 1. The van der Waals surface area contributed by atoms with E-state index in [9.17, 15) is 9.90 Å². The van der Waals surface area contributed by atoms with Gasteiger partial charge in [0.25, 0.3) is 5.91 Å². The summed E-state index contributed by atoms with van der Waals surface area (Å²) < 4.78 is 0. The van der Waals surface area contributed by atoms with E-state index in [4.69, 9.17) is 5.73 Å². The van der Waals surface area contributed by atoms with Crippen molar-refractivity contribution in [2.45, 2.75) is 27.2 Å². The Balaban J connectivity index is 2.52. The maximum Gasteiger partial charge on any atom is 0.252 e. The first-order valence-electron chi connectivity index (χ1n) is 6.32. The van der Waals surface area contributed by atoms with Gasteiger partial charge in [0.1, 0.15) is 5.75 Å². The fourth-order valence-corrected chi connectivity index (χ4v) is 2.25. The SMILES string of the molecule is CC(C)(C)Cc1ccc2cc(O)c(C(N)=O)cc2c1. The summed E-state index contributed by atoms with van der Waals surface area (Å²) in [4.78, 5) is 11.2. The van der Waals surface area contributed by atoms with Gasteiger partial charge in [-0.3, -0.25) is 4.79 Å². The van der Waals surface area contributed by atoms with Crippen molar-refractivity contribution < 1.29 is 9.90 Å². The highest BCUT2D eigenvalue weighted by molar-refractivity contribution is 6.00. The number of rotatable bonds is 2. The van der Waals surface area contributed by atoms with Crippen LogP contribution in [0.25, 0.3) is 10.8 Å². The third-order valence-corrected chi connectivity index (χ3v) is 3.02. The lowest BCUT2D eigenvalue weighted by Crippen LogP contribution is -2.11. The van der Waals surface area contributed by atoms with Gasteiger partial charge in [0.05, 0.1) is 5.56 Å². The van der Waals surface area contributed by atoms with Crippen LogP contribution in [0, 0.1) is 5.41 Å². The van der Waals surface area contributed by atoms with Crippen LogP contribution in [0.15, 0.2) is 30.3 Å². The molecule has 2 rings (SSSR count). The third-order valence-electron chi connectivity index (χ3n) is 3.02. The summed E-state index contributed by atoms with van der Waals surface area (Å²) in [5.74, 6) is -0.677. The molecule has 0 saturated heterocycles. The molecule has 0 bridgehead atoms. The summed E-state index contributed by atoms with van der Waals surface area (Å²) in [6, 6.07) is 9.29. The first-order valence-corrected chi connectivity index (χ1v) is 6.32. The Hall–Kier alpha value is -2.03. The number of aromatic hydroxyl groups is 1. The Morgan fingerprint density at radius 3 is 2.42 bits per heavy atom. The van der Waals surface area contributed by atoms with Gasteiger partial charge in [-0.25, -0.2) is 0 Å². The lowest BCUT2D eigenvalue weighted by Gasteiger charge is -2.18. The van der Waals surface area contributed by atoms with Crippen molar-refractivity contribution >= 4 is 16.7 Å². The molecular formula is C16H19NO2. The Bertz CT molecular complexity index is 639. The summed E-state index contributed by atoms with van der Waals surface area (Å²) in [7, 11) is 0. The minimum atomic E-state index is -0.611. The average molecular weight is 257 g/mol. The number of carbonyl (C=O) groups excluding carboxylic acids is 1. The number of carbonyl (C=O) groups is 1. The van der Waals surface area contributed by atoms with Crippen LogP contribution in [0.3, 0.4) is 0 Å². The first-order chi connectivity index (χ1) is 8.76. The second-order valence-electron chi connectivity index (χ2n) is 6.15. The monoisotopic (exact) mass is 257 g/mol. The Labute approximate surface area is 113 Å². The van der Waals surface area contributed by atoms with Gasteiger partial charge in [-0.1, -0.05) is 39.0 Å². The summed E-state index contributed by atoms with van der Waals surface area (Å²) in [6.07, 6.45) is 0.954. The van der Waals surface area contributed by atoms with Crippen LogP contribution in [-0.2, 0) is 6.42 Å². The quantitative estimate of drug-likeness (QED) is 0.867. The molecule has 0 radical (unpaired) electrons. The minimum Gasteiger partial charge on any atom is -0.507 e. The van der Waals surface area contributed by atoms with Gasteiger partial charge in [-0.05, 0) is 40.3 Å². The van der Waals surface area contributed by atoms with E-state index in [-0.39, 0.29) is 16.7 Å². The molecule has 0 unspecified atom stereocenters. The highest BCUT2D eigenvalue weighted by atomic mass is 16.3. The topological polar surface area (TPSA) is 63.3 Å². The molecular weight excluding hydrogens is 238 g/mol. The van der Waals surface area contributed by atoms with Gasteiger partial charge in [-0.2, -0.15) is 0 Å². The van der Waals surface area contributed by atoms with E-state index in [2.05, 4.69) is 26.8 Å². The Morgan fingerprint density at radius 2 is 1.84 bits per heavy atom. The van der Waals surface area contributed by atoms with E-state index >= 15 is 0 Å². The minimum absolute atomic E-state index is 0.0661. The molecule has 0 fully saturated rings. The average Bonchev–Trinajstić information content (AvgIpc) is 2.26. The van der Waals surface area contributed by atoms with Crippen molar-refractivity contribution in [3.63, 3.8) is 0 Å². The van der Waals surface area contributed by atoms with Crippen LogP contribution in [0.2, 0.25) is 0 Å². The third kappa shape index (κ3) is 3.05. The van der Waals surface area contributed by atoms with E-state index < -0.39 is 5.91 Å². The molecule has 3 heteroatoms. The van der Waals surface area contributed by atoms with Crippen LogP contribution < -0.4 is 5.73 Å². The van der Waals surface area contributed by atoms with Crippen LogP contribution in [0.1, 0.15) is 36.7 Å². The first kappa shape index (κ1) is 13.4. The summed E-state index contributed by atoms with van der Waals surface area (Å²) in [5.41, 5.74) is 6.83. The van der Waals surface area contributed by atoms with Gasteiger partial charge in [-0.15, -0.1) is 0 Å². The fourth-order valence-electron chi connectivity index (χ4n) is 2.25. The molecule has 0 atom stereocenters. The van der Waals surface area contributed by atoms with Crippen LogP contribution in [0.4, 0.5) is 0 Å². The van der Waals surface area contributed by atoms with Crippen LogP contribution >= 0.6 is 0 Å². The number of nitrogens with two attached hydrogens (primary N) is 1. The molecule has 0 aromatic heterocycles. The van der Waals surface area contributed by atoms with E-state index in [1.54, 1.807) is 12.1 Å². The zero-order chi connectivity index (χ0) is 14.2. The van der Waals surface area contributed by atoms with E-state index in [1.807, 2.05) is 12.1 Å². The molecule has 0 saturated carbocycles. The number of benzene rings is 2. The summed E-state index contributed by atoms with van der Waals surface area (Å²) in [5, 5.41) is 11.6. The van der Waals surface area contributed by atoms with E-state index in [0.29, 0.717) is 0 Å². The maximum absolute atomic E-state index is 11.2. The van der Waals surface area contributed by atoms with Crippen molar-refractivity contribution in [2.24, 2.45) is 11.1 Å². The molecule has 0 aliphatic heterocycles. The molecule has 100 valence electrons. The second kappa shape index (κ2) is 4.57.